The van der Waals surface area contributed by atoms with Crippen LogP contribution in [0, 0.1) is 0 Å². The summed E-state index contributed by atoms with van der Waals surface area (Å²) in [6.07, 6.45) is 6.50. The third-order valence-electron chi connectivity index (χ3n) is 2.89. The van der Waals surface area contributed by atoms with Crippen LogP contribution < -0.4 is 5.32 Å². The molecule has 0 bridgehead atoms. The van der Waals surface area contributed by atoms with E-state index in [-0.39, 0.29) is 18.0 Å². The van der Waals surface area contributed by atoms with Gasteiger partial charge in [-0.25, -0.2) is 0 Å². The maximum absolute atomic E-state index is 5.89. The summed E-state index contributed by atoms with van der Waals surface area (Å²) in [4.78, 5) is 0. The van der Waals surface area contributed by atoms with Crippen molar-refractivity contribution in [1.82, 2.24) is 5.32 Å². The molecule has 0 aromatic rings. The Labute approximate surface area is 80.5 Å². The number of rotatable bonds is 0. The summed E-state index contributed by atoms with van der Waals surface area (Å²) in [6, 6.07) is 0. The van der Waals surface area contributed by atoms with Crippen molar-refractivity contribution in [2.75, 3.05) is 19.7 Å². The second kappa shape index (κ2) is 4.45. The minimum Gasteiger partial charge on any atom is -0.374 e. The van der Waals surface area contributed by atoms with Gasteiger partial charge in [-0.05, 0) is 25.8 Å². The summed E-state index contributed by atoms with van der Waals surface area (Å²) in [7, 11) is 0. The molecule has 12 heavy (non-hydrogen) atoms. The third kappa shape index (κ3) is 2.12. The van der Waals surface area contributed by atoms with Crippen LogP contribution in [0.15, 0.2) is 0 Å². The molecule has 0 aliphatic carbocycles. The molecule has 2 nitrogen and oxygen atoms in total. The molecule has 1 unspecified atom stereocenters. The topological polar surface area (TPSA) is 21.3 Å². The number of ether oxygens (including phenoxy) is 1. The number of hydrogen-bond acceptors (Lipinski definition) is 2. The lowest BCUT2D eigenvalue weighted by atomic mass is 9.96. The van der Waals surface area contributed by atoms with Gasteiger partial charge >= 0.3 is 0 Å². The zero-order valence-electron chi connectivity index (χ0n) is 7.47. The van der Waals surface area contributed by atoms with E-state index in [1.165, 1.54) is 32.1 Å². The van der Waals surface area contributed by atoms with E-state index in [2.05, 4.69) is 5.32 Å². The van der Waals surface area contributed by atoms with Crippen LogP contribution in [0.25, 0.3) is 0 Å². The molecular weight excluding hydrogens is 174 g/mol. The quantitative estimate of drug-likeness (QED) is 0.630. The Morgan fingerprint density at radius 3 is 2.75 bits per heavy atom. The monoisotopic (exact) mass is 191 g/mol. The second-order valence-electron chi connectivity index (χ2n) is 3.77. The van der Waals surface area contributed by atoms with Crippen molar-refractivity contribution in [3.05, 3.63) is 0 Å². The standard InChI is InChI=1S/C9H17NO.ClH/c1-2-4-9(11-7-3-1)5-6-10-8-9;/h10H,1-8H2;1H. The Balaban J connectivity index is 0.000000720. The van der Waals surface area contributed by atoms with E-state index in [9.17, 15) is 0 Å². The fourth-order valence-corrected chi connectivity index (χ4v) is 2.14. The van der Waals surface area contributed by atoms with Crippen molar-refractivity contribution in [3.8, 4) is 0 Å². The predicted octanol–water partition coefficient (Wildman–Crippen LogP) is 1.73. The predicted molar refractivity (Wildman–Crippen MR) is 51.9 cm³/mol. The van der Waals surface area contributed by atoms with E-state index in [1.807, 2.05) is 0 Å². The highest BCUT2D eigenvalue weighted by Crippen LogP contribution is 2.29. The SMILES string of the molecule is C1CCOC2(CC1)CCNC2.Cl. The molecule has 1 atom stereocenters. The fourth-order valence-electron chi connectivity index (χ4n) is 2.14. The lowest BCUT2D eigenvalue weighted by Crippen LogP contribution is -2.34. The van der Waals surface area contributed by atoms with Crippen molar-refractivity contribution in [3.63, 3.8) is 0 Å². The summed E-state index contributed by atoms with van der Waals surface area (Å²) >= 11 is 0. The van der Waals surface area contributed by atoms with Gasteiger partial charge in [-0.3, -0.25) is 0 Å². The second-order valence-corrected chi connectivity index (χ2v) is 3.77. The van der Waals surface area contributed by atoms with Gasteiger partial charge in [-0.15, -0.1) is 12.4 Å². The van der Waals surface area contributed by atoms with Gasteiger partial charge in [-0.1, -0.05) is 12.8 Å². The van der Waals surface area contributed by atoms with Crippen LogP contribution in [0.2, 0.25) is 0 Å². The van der Waals surface area contributed by atoms with Gasteiger partial charge in [0.1, 0.15) is 0 Å². The molecule has 2 fully saturated rings. The summed E-state index contributed by atoms with van der Waals surface area (Å²) < 4.78 is 5.89. The Kier molecular flexibility index (Phi) is 3.81. The molecule has 2 rings (SSSR count). The molecule has 72 valence electrons. The molecular formula is C9H18ClNO. The van der Waals surface area contributed by atoms with Crippen LogP contribution in [0.3, 0.4) is 0 Å². The van der Waals surface area contributed by atoms with E-state index in [0.29, 0.717) is 0 Å². The van der Waals surface area contributed by atoms with Crippen LogP contribution in [-0.4, -0.2) is 25.3 Å². The first-order valence-corrected chi connectivity index (χ1v) is 4.76. The van der Waals surface area contributed by atoms with Gasteiger partial charge in [0.2, 0.25) is 0 Å². The van der Waals surface area contributed by atoms with Gasteiger partial charge in [0.05, 0.1) is 5.60 Å². The first-order chi connectivity index (χ1) is 5.41. The van der Waals surface area contributed by atoms with Crippen molar-refractivity contribution in [1.29, 1.82) is 0 Å². The summed E-state index contributed by atoms with van der Waals surface area (Å²) in [5.74, 6) is 0. The molecule has 0 saturated carbocycles. The van der Waals surface area contributed by atoms with Crippen molar-refractivity contribution < 1.29 is 4.74 Å². The Hall–Kier alpha value is 0.210. The van der Waals surface area contributed by atoms with Crippen molar-refractivity contribution in [2.45, 2.75) is 37.7 Å². The molecule has 3 heteroatoms. The fraction of sp³-hybridized carbons (Fsp3) is 1.00. The van der Waals surface area contributed by atoms with Crippen molar-refractivity contribution >= 4 is 12.4 Å². The normalized spacial score (nSPS) is 36.0. The minimum atomic E-state index is 0. The van der Waals surface area contributed by atoms with Gasteiger partial charge in [0.15, 0.2) is 0 Å². The lowest BCUT2D eigenvalue weighted by Gasteiger charge is -2.26. The largest absolute Gasteiger partial charge is 0.374 e. The van der Waals surface area contributed by atoms with E-state index in [4.69, 9.17) is 4.74 Å². The van der Waals surface area contributed by atoms with E-state index >= 15 is 0 Å². The first-order valence-electron chi connectivity index (χ1n) is 4.76. The zero-order valence-corrected chi connectivity index (χ0v) is 8.29. The molecule has 2 saturated heterocycles. The molecule has 1 N–H and O–H groups in total. The van der Waals surface area contributed by atoms with E-state index in [1.54, 1.807) is 0 Å². The first kappa shape index (κ1) is 10.3. The number of hydrogen-bond donors (Lipinski definition) is 1. The molecule has 0 aromatic heterocycles. The number of halogens is 1. The van der Waals surface area contributed by atoms with Crippen LogP contribution in [0.4, 0.5) is 0 Å². The highest BCUT2D eigenvalue weighted by molar-refractivity contribution is 5.85. The zero-order chi connectivity index (χ0) is 7.57. The molecule has 2 heterocycles. The maximum Gasteiger partial charge on any atom is 0.0818 e. The van der Waals surface area contributed by atoms with Gasteiger partial charge in [0.25, 0.3) is 0 Å². The van der Waals surface area contributed by atoms with Gasteiger partial charge in [0, 0.05) is 13.2 Å². The smallest absolute Gasteiger partial charge is 0.0818 e. The van der Waals surface area contributed by atoms with E-state index < -0.39 is 0 Å². The van der Waals surface area contributed by atoms with E-state index in [0.717, 1.165) is 19.7 Å². The third-order valence-corrected chi connectivity index (χ3v) is 2.89. The molecule has 0 amide bonds. The van der Waals surface area contributed by atoms with Crippen LogP contribution in [-0.2, 0) is 4.74 Å². The average molecular weight is 192 g/mol. The highest BCUT2D eigenvalue weighted by Gasteiger charge is 2.34. The average Bonchev–Trinajstić information content (AvgIpc) is 2.32. The summed E-state index contributed by atoms with van der Waals surface area (Å²) in [5.41, 5.74) is 0.247. The minimum absolute atomic E-state index is 0. The Morgan fingerprint density at radius 1 is 1.08 bits per heavy atom. The molecule has 2 aliphatic rings. The van der Waals surface area contributed by atoms with Gasteiger partial charge in [-0.2, -0.15) is 0 Å². The Bertz CT molecular complexity index is 124. The van der Waals surface area contributed by atoms with Gasteiger partial charge < -0.3 is 10.1 Å². The molecule has 0 radical (unpaired) electrons. The number of nitrogens with one attached hydrogen (secondary N) is 1. The molecule has 1 spiro atoms. The maximum atomic E-state index is 5.89. The molecule has 0 aromatic carbocycles. The molecule has 2 aliphatic heterocycles. The summed E-state index contributed by atoms with van der Waals surface area (Å²) in [5, 5.41) is 3.39. The van der Waals surface area contributed by atoms with Crippen molar-refractivity contribution in [2.24, 2.45) is 0 Å². The van der Waals surface area contributed by atoms with Crippen LogP contribution >= 0.6 is 12.4 Å². The van der Waals surface area contributed by atoms with Crippen LogP contribution in [0.1, 0.15) is 32.1 Å². The highest BCUT2D eigenvalue weighted by atomic mass is 35.5. The lowest BCUT2D eigenvalue weighted by molar-refractivity contribution is -0.0266. The Morgan fingerprint density at radius 2 is 2.00 bits per heavy atom. The van der Waals surface area contributed by atoms with Crippen LogP contribution in [0.5, 0.6) is 0 Å². The summed E-state index contributed by atoms with van der Waals surface area (Å²) in [6.45, 7) is 3.23.